The van der Waals surface area contributed by atoms with Crippen molar-refractivity contribution < 1.29 is 14.6 Å². The van der Waals surface area contributed by atoms with Gasteiger partial charge in [0.25, 0.3) is 13.4 Å². The number of aliphatic hydroxyl groups is 1. The van der Waals surface area contributed by atoms with Crippen molar-refractivity contribution in [1.82, 2.24) is 5.32 Å². The molecule has 0 aromatic carbocycles. The number of nitrogens with zero attached hydrogens (tertiary/aromatic N) is 1. The Bertz CT molecular complexity index is 375. The molecule has 0 aromatic heterocycles. The van der Waals surface area contributed by atoms with E-state index in [1.54, 1.807) is 21.3 Å². The second-order valence-corrected chi connectivity index (χ2v) is 6.27. The molecule has 1 aliphatic rings. The lowest BCUT2D eigenvalue weighted by Gasteiger charge is -2.38. The standard InChI is InChI=1S/C14H26BN2O3/c1-6-16-12(18)11-8-7-10(9-17-11)15-20-14(4,5)13(2,3)19/h10,19H,6-9H2,1-5H3,(H,16,18)/t10-/m1/s1. The van der Waals surface area contributed by atoms with E-state index in [2.05, 4.69) is 10.3 Å². The van der Waals surface area contributed by atoms with Crippen LogP contribution >= 0.6 is 0 Å². The second kappa shape index (κ2) is 6.72. The quantitative estimate of drug-likeness (QED) is 0.721. The van der Waals surface area contributed by atoms with Crippen molar-refractivity contribution >= 4 is 19.1 Å². The van der Waals surface area contributed by atoms with Gasteiger partial charge in [-0.05, 0) is 53.3 Å². The minimum absolute atomic E-state index is 0.0660. The minimum atomic E-state index is -0.923. The summed E-state index contributed by atoms with van der Waals surface area (Å²) in [5, 5.41) is 12.8. The van der Waals surface area contributed by atoms with Crippen LogP contribution in [0, 0.1) is 0 Å². The largest absolute Gasteiger partial charge is 0.433 e. The first-order valence-electron chi connectivity index (χ1n) is 7.22. The number of carbonyl (C=O) groups is 1. The Labute approximate surface area is 122 Å². The van der Waals surface area contributed by atoms with E-state index in [4.69, 9.17) is 4.65 Å². The zero-order chi connectivity index (χ0) is 15.4. The van der Waals surface area contributed by atoms with Crippen molar-refractivity contribution in [3.05, 3.63) is 0 Å². The molecule has 113 valence electrons. The summed E-state index contributed by atoms with van der Waals surface area (Å²) in [5.74, 6) is 0.124. The molecule has 20 heavy (non-hydrogen) atoms. The normalized spacial score (nSPS) is 20.3. The molecule has 1 radical (unpaired) electrons. The molecule has 1 amide bonds. The average Bonchev–Trinajstić information content (AvgIpc) is 2.36. The van der Waals surface area contributed by atoms with E-state index in [1.807, 2.05) is 20.8 Å². The van der Waals surface area contributed by atoms with Gasteiger partial charge in [0.05, 0.1) is 16.9 Å². The maximum atomic E-state index is 11.6. The molecule has 1 heterocycles. The van der Waals surface area contributed by atoms with Crippen LogP contribution in [0.1, 0.15) is 47.5 Å². The van der Waals surface area contributed by atoms with Crippen LogP contribution in [0.5, 0.6) is 0 Å². The van der Waals surface area contributed by atoms with Gasteiger partial charge < -0.3 is 15.1 Å². The van der Waals surface area contributed by atoms with Crippen LogP contribution in [0.25, 0.3) is 0 Å². The van der Waals surface area contributed by atoms with E-state index in [0.717, 1.165) is 6.42 Å². The number of hydrogen-bond acceptors (Lipinski definition) is 4. The lowest BCUT2D eigenvalue weighted by atomic mass is 9.73. The number of rotatable bonds is 6. The maximum Gasteiger partial charge on any atom is 0.298 e. The Balaban J connectivity index is 2.45. The number of nitrogens with one attached hydrogen (secondary N) is 1. The van der Waals surface area contributed by atoms with Crippen LogP contribution in [0.3, 0.4) is 0 Å². The molecule has 0 saturated carbocycles. The Kier molecular flexibility index (Phi) is 5.77. The number of carbonyl (C=O) groups excluding carboxylic acids is 1. The fourth-order valence-electron chi connectivity index (χ4n) is 1.69. The zero-order valence-electron chi connectivity index (χ0n) is 13.2. The SMILES string of the molecule is CCNC(=O)C1=NC[C@H]([B]OC(C)(C)C(C)(C)O)CC1. The van der Waals surface area contributed by atoms with Crippen molar-refractivity contribution in [3.8, 4) is 0 Å². The lowest BCUT2D eigenvalue weighted by Crippen LogP contribution is -2.48. The Hall–Kier alpha value is -0.875. The Morgan fingerprint density at radius 1 is 1.50 bits per heavy atom. The van der Waals surface area contributed by atoms with Crippen molar-refractivity contribution in [1.29, 1.82) is 0 Å². The highest BCUT2D eigenvalue weighted by Gasteiger charge is 2.36. The van der Waals surface area contributed by atoms with E-state index in [9.17, 15) is 9.90 Å². The van der Waals surface area contributed by atoms with Gasteiger partial charge in [-0.2, -0.15) is 0 Å². The van der Waals surface area contributed by atoms with Gasteiger partial charge in [0, 0.05) is 13.1 Å². The molecule has 1 aliphatic heterocycles. The van der Waals surface area contributed by atoms with E-state index < -0.39 is 11.2 Å². The Morgan fingerprint density at radius 2 is 2.15 bits per heavy atom. The third-order valence-corrected chi connectivity index (χ3v) is 3.90. The predicted molar refractivity (Wildman–Crippen MR) is 81.2 cm³/mol. The van der Waals surface area contributed by atoms with Gasteiger partial charge in [-0.1, -0.05) is 0 Å². The molecule has 1 atom stereocenters. The summed E-state index contributed by atoms with van der Waals surface area (Å²) in [6.45, 7) is 10.3. The summed E-state index contributed by atoms with van der Waals surface area (Å²) < 4.78 is 5.73. The van der Waals surface area contributed by atoms with Crippen LogP contribution < -0.4 is 5.32 Å². The van der Waals surface area contributed by atoms with E-state index in [1.165, 1.54) is 0 Å². The monoisotopic (exact) mass is 281 g/mol. The van der Waals surface area contributed by atoms with Gasteiger partial charge in [0.15, 0.2) is 0 Å². The molecular weight excluding hydrogens is 255 g/mol. The second-order valence-electron chi connectivity index (χ2n) is 6.27. The molecule has 5 nitrogen and oxygen atoms in total. The third-order valence-electron chi connectivity index (χ3n) is 3.90. The molecule has 0 spiro atoms. The van der Waals surface area contributed by atoms with Crippen molar-refractivity contribution in [2.75, 3.05) is 13.1 Å². The third kappa shape index (κ3) is 4.60. The van der Waals surface area contributed by atoms with Gasteiger partial charge in [0.1, 0.15) is 0 Å². The van der Waals surface area contributed by atoms with Crippen LogP contribution in [0.2, 0.25) is 5.82 Å². The zero-order valence-corrected chi connectivity index (χ0v) is 13.2. The topological polar surface area (TPSA) is 70.9 Å². The minimum Gasteiger partial charge on any atom is -0.433 e. The highest BCUT2D eigenvalue weighted by molar-refractivity contribution is 6.39. The van der Waals surface area contributed by atoms with Crippen LogP contribution in [0.15, 0.2) is 4.99 Å². The molecule has 0 aliphatic carbocycles. The predicted octanol–water partition coefficient (Wildman–Crippen LogP) is 1.33. The summed E-state index contributed by atoms with van der Waals surface area (Å²) in [6, 6.07) is 0. The van der Waals surface area contributed by atoms with Gasteiger partial charge in [-0.25, -0.2) is 0 Å². The van der Waals surface area contributed by atoms with Crippen LogP contribution in [-0.4, -0.2) is 48.5 Å². The molecule has 0 fully saturated rings. The first kappa shape index (κ1) is 17.2. The Morgan fingerprint density at radius 3 is 2.60 bits per heavy atom. The fraction of sp³-hybridized carbons (Fsp3) is 0.857. The lowest BCUT2D eigenvalue weighted by molar-refractivity contribution is -0.114. The molecule has 2 N–H and O–H groups in total. The molecule has 1 rings (SSSR count). The summed E-state index contributed by atoms with van der Waals surface area (Å²) >= 11 is 0. The van der Waals surface area contributed by atoms with E-state index >= 15 is 0 Å². The highest BCUT2D eigenvalue weighted by atomic mass is 16.5. The number of aliphatic imine (C=N–C) groups is 1. The maximum absolute atomic E-state index is 11.6. The highest BCUT2D eigenvalue weighted by Crippen LogP contribution is 2.27. The molecule has 0 aromatic rings. The van der Waals surface area contributed by atoms with E-state index in [-0.39, 0.29) is 11.7 Å². The van der Waals surface area contributed by atoms with Crippen molar-refractivity contribution in [3.63, 3.8) is 0 Å². The van der Waals surface area contributed by atoms with Crippen molar-refractivity contribution in [2.24, 2.45) is 4.99 Å². The van der Waals surface area contributed by atoms with Crippen molar-refractivity contribution in [2.45, 2.75) is 64.5 Å². The summed E-state index contributed by atoms with van der Waals surface area (Å²) in [7, 11) is 1.76. The number of hydrogen-bond donors (Lipinski definition) is 2. The molecular formula is C14H26BN2O3. The summed E-state index contributed by atoms with van der Waals surface area (Å²) in [4.78, 5) is 16.0. The fourth-order valence-corrected chi connectivity index (χ4v) is 1.69. The number of amides is 1. The van der Waals surface area contributed by atoms with Gasteiger partial charge in [-0.3, -0.25) is 9.79 Å². The summed E-state index contributed by atoms with van der Waals surface area (Å²) in [5.41, 5.74) is -0.956. The smallest absolute Gasteiger partial charge is 0.298 e. The summed E-state index contributed by atoms with van der Waals surface area (Å²) in [6.07, 6.45) is 1.51. The molecule has 0 bridgehead atoms. The van der Waals surface area contributed by atoms with Gasteiger partial charge in [-0.15, -0.1) is 0 Å². The van der Waals surface area contributed by atoms with Gasteiger partial charge in [0.2, 0.25) is 0 Å². The van der Waals surface area contributed by atoms with Crippen LogP contribution in [0.4, 0.5) is 0 Å². The molecule has 0 unspecified atom stereocenters. The average molecular weight is 281 g/mol. The van der Waals surface area contributed by atoms with Gasteiger partial charge >= 0.3 is 0 Å². The molecule has 0 saturated heterocycles. The molecule has 6 heteroatoms. The van der Waals surface area contributed by atoms with E-state index in [0.29, 0.717) is 25.2 Å². The first-order chi connectivity index (χ1) is 9.17. The first-order valence-corrected chi connectivity index (χ1v) is 7.22. The van der Waals surface area contributed by atoms with Crippen LogP contribution in [-0.2, 0) is 9.45 Å².